The minimum Gasteiger partial charge on any atom is -0.424 e. The monoisotopic (exact) mass is 696 g/mol. The standard InChI is InChI=1S/C29H40N6O8S3/c1-15-7-8-20(28(41)45-13-22(33-17(3)37)24(39)10-19(30)11-26(31)35(5)6)25(9-15)43-27(40)23(34-18(4)38)14-46-29(42)21(12-44)32-16(2)36/h7-9,21-23,30-31,44H,10-14H2,1-6H3,(H,32,36)(H,33,37)(H,34,38). The van der Waals surface area contributed by atoms with E-state index in [0.717, 1.165) is 0 Å². The largest absolute Gasteiger partial charge is 0.424 e. The number of thiol groups is 1. The molecule has 1 aromatic carbocycles. The van der Waals surface area contributed by atoms with Gasteiger partial charge in [0.25, 0.3) is 0 Å². The van der Waals surface area contributed by atoms with Crippen molar-refractivity contribution in [2.75, 3.05) is 31.4 Å². The summed E-state index contributed by atoms with van der Waals surface area (Å²) in [6.45, 7) is 5.34. The number of hydrogen-bond donors (Lipinski definition) is 6. The van der Waals surface area contributed by atoms with Crippen molar-refractivity contribution in [1.82, 2.24) is 20.9 Å². The third kappa shape index (κ3) is 14.6. The number of carbonyl (C=O) groups is 7. The molecule has 0 fully saturated rings. The molecule has 3 unspecified atom stereocenters. The highest BCUT2D eigenvalue weighted by molar-refractivity contribution is 8.14. The van der Waals surface area contributed by atoms with E-state index in [0.29, 0.717) is 29.1 Å². The molecule has 3 amide bonds. The van der Waals surface area contributed by atoms with Crippen molar-refractivity contribution in [2.24, 2.45) is 0 Å². The fourth-order valence-electron chi connectivity index (χ4n) is 3.62. The zero-order valence-electron chi connectivity index (χ0n) is 26.5. The first kappa shape index (κ1) is 40.3. The Hall–Kier alpha value is -3.70. The van der Waals surface area contributed by atoms with Crippen LogP contribution in [0.15, 0.2) is 18.2 Å². The van der Waals surface area contributed by atoms with Crippen LogP contribution in [0.5, 0.6) is 5.75 Å². The number of ketones is 1. The van der Waals surface area contributed by atoms with Gasteiger partial charge in [-0.2, -0.15) is 12.6 Å². The van der Waals surface area contributed by atoms with Crippen LogP contribution in [-0.2, 0) is 28.8 Å². The van der Waals surface area contributed by atoms with Crippen molar-refractivity contribution in [2.45, 2.75) is 58.7 Å². The number of amidine groups is 1. The Bertz CT molecular complexity index is 1370. The van der Waals surface area contributed by atoms with Crippen molar-refractivity contribution in [3.63, 3.8) is 0 Å². The molecule has 0 radical (unpaired) electrons. The first-order valence-electron chi connectivity index (χ1n) is 13.9. The molecule has 1 aromatic rings. The molecule has 0 aromatic heterocycles. The van der Waals surface area contributed by atoms with E-state index >= 15 is 0 Å². The van der Waals surface area contributed by atoms with Crippen LogP contribution in [0.1, 0.15) is 49.5 Å². The van der Waals surface area contributed by atoms with E-state index in [-0.39, 0.29) is 53.0 Å². The van der Waals surface area contributed by atoms with Gasteiger partial charge in [-0.25, -0.2) is 4.79 Å². The van der Waals surface area contributed by atoms with Crippen LogP contribution in [-0.4, -0.2) is 106 Å². The van der Waals surface area contributed by atoms with Crippen LogP contribution in [0.25, 0.3) is 0 Å². The van der Waals surface area contributed by atoms with E-state index in [1.54, 1.807) is 27.1 Å². The maximum Gasteiger partial charge on any atom is 0.334 e. The van der Waals surface area contributed by atoms with Crippen molar-refractivity contribution in [3.05, 3.63) is 29.3 Å². The summed E-state index contributed by atoms with van der Waals surface area (Å²) in [4.78, 5) is 88.4. The lowest BCUT2D eigenvalue weighted by atomic mass is 10.1. The topological polar surface area (TPSA) is 216 Å². The number of aryl methyl sites for hydroxylation is 1. The molecular formula is C29H40N6O8S3. The lowest BCUT2D eigenvalue weighted by Gasteiger charge is -2.19. The van der Waals surface area contributed by atoms with Gasteiger partial charge in [-0.15, -0.1) is 0 Å². The lowest BCUT2D eigenvalue weighted by molar-refractivity contribution is -0.138. The SMILES string of the molecule is CC(=O)NC(CSC(=O)c1ccc(C)cc1OC(=O)C(CSC(=O)C(CS)NC(C)=O)NC(C)=O)C(=O)CC(=N)CC(=N)N(C)C. The first-order valence-corrected chi connectivity index (χ1v) is 16.5. The smallest absolute Gasteiger partial charge is 0.334 e. The van der Waals surface area contributed by atoms with Crippen LogP contribution in [0, 0.1) is 17.7 Å². The van der Waals surface area contributed by atoms with E-state index < -0.39 is 57.8 Å². The van der Waals surface area contributed by atoms with Crippen molar-refractivity contribution < 1.29 is 38.3 Å². The summed E-state index contributed by atoms with van der Waals surface area (Å²) in [5, 5.41) is 22.3. The highest BCUT2D eigenvalue weighted by Gasteiger charge is 2.28. The number of Topliss-reactive ketones (excluding diaryl/α,β-unsaturated/α-hetero) is 1. The summed E-state index contributed by atoms with van der Waals surface area (Å²) < 4.78 is 5.54. The number of benzene rings is 1. The number of carbonyl (C=O) groups excluding carboxylic acids is 7. The van der Waals surface area contributed by atoms with E-state index in [1.165, 1.54) is 37.8 Å². The number of esters is 1. The summed E-state index contributed by atoms with van der Waals surface area (Å²) in [6.07, 6.45) is -0.374. The average molecular weight is 697 g/mol. The second-order valence-electron chi connectivity index (χ2n) is 10.4. The Kier molecular flexibility index (Phi) is 17.3. The zero-order valence-corrected chi connectivity index (χ0v) is 29.0. The van der Waals surface area contributed by atoms with Gasteiger partial charge in [0.2, 0.25) is 28.0 Å². The number of amides is 3. The van der Waals surface area contributed by atoms with E-state index in [4.69, 9.17) is 15.6 Å². The van der Waals surface area contributed by atoms with Crippen LogP contribution in [0.4, 0.5) is 0 Å². The van der Waals surface area contributed by atoms with Crippen LogP contribution in [0.3, 0.4) is 0 Å². The second kappa shape index (κ2) is 19.7. The molecular weight excluding hydrogens is 657 g/mol. The molecule has 5 N–H and O–H groups in total. The number of ether oxygens (including phenoxy) is 1. The third-order valence-electron chi connectivity index (χ3n) is 5.92. The van der Waals surface area contributed by atoms with E-state index in [2.05, 4.69) is 28.6 Å². The molecule has 14 nitrogen and oxygen atoms in total. The van der Waals surface area contributed by atoms with Crippen molar-refractivity contribution >= 4 is 87.4 Å². The second-order valence-corrected chi connectivity index (χ2v) is 12.7. The molecule has 0 saturated carbocycles. The summed E-state index contributed by atoms with van der Waals surface area (Å²) in [6, 6.07) is 1.19. The number of thioether (sulfide) groups is 2. The zero-order chi connectivity index (χ0) is 35.1. The molecule has 46 heavy (non-hydrogen) atoms. The van der Waals surface area contributed by atoms with Gasteiger partial charge in [0.1, 0.15) is 23.7 Å². The van der Waals surface area contributed by atoms with Gasteiger partial charge in [-0.1, -0.05) is 29.6 Å². The van der Waals surface area contributed by atoms with Gasteiger partial charge < -0.3 is 31.0 Å². The Morgan fingerprint density at radius 3 is 1.93 bits per heavy atom. The fraction of sp³-hybridized carbons (Fsp3) is 0.483. The predicted molar refractivity (Wildman–Crippen MR) is 181 cm³/mol. The molecule has 17 heteroatoms. The first-order chi connectivity index (χ1) is 21.4. The molecule has 0 aliphatic rings. The molecule has 3 atom stereocenters. The van der Waals surface area contributed by atoms with Crippen LogP contribution >= 0.6 is 36.2 Å². The van der Waals surface area contributed by atoms with Gasteiger partial charge in [0.15, 0.2) is 5.78 Å². The Morgan fingerprint density at radius 1 is 0.848 bits per heavy atom. The highest BCUT2D eigenvalue weighted by Crippen LogP contribution is 2.26. The lowest BCUT2D eigenvalue weighted by Crippen LogP contribution is -2.45. The van der Waals surface area contributed by atoms with E-state index in [9.17, 15) is 33.6 Å². The summed E-state index contributed by atoms with van der Waals surface area (Å²) in [5.74, 6) is -3.34. The van der Waals surface area contributed by atoms with Crippen LogP contribution in [0.2, 0.25) is 0 Å². The molecule has 0 heterocycles. The molecule has 0 spiro atoms. The normalized spacial score (nSPS) is 12.5. The molecule has 252 valence electrons. The highest BCUT2D eigenvalue weighted by atomic mass is 32.2. The molecule has 0 aliphatic heterocycles. The summed E-state index contributed by atoms with van der Waals surface area (Å²) >= 11 is 5.46. The molecule has 1 rings (SSSR count). The predicted octanol–water partition coefficient (Wildman–Crippen LogP) is 1.39. The minimum absolute atomic E-state index is 0.0174. The summed E-state index contributed by atoms with van der Waals surface area (Å²) in [5.41, 5.74) is 0.606. The summed E-state index contributed by atoms with van der Waals surface area (Å²) in [7, 11) is 3.29. The number of rotatable bonds is 17. The number of nitrogens with one attached hydrogen (secondary N) is 5. The maximum absolute atomic E-state index is 13.3. The van der Waals surface area contributed by atoms with Gasteiger partial charge in [-0.3, -0.25) is 34.2 Å². The van der Waals surface area contributed by atoms with Crippen LogP contribution < -0.4 is 20.7 Å². The maximum atomic E-state index is 13.3. The minimum atomic E-state index is -1.29. The quantitative estimate of drug-likeness (QED) is 0.0450. The Morgan fingerprint density at radius 2 is 1.39 bits per heavy atom. The number of hydrogen-bond acceptors (Lipinski definition) is 13. The van der Waals surface area contributed by atoms with Gasteiger partial charge in [-0.05, 0) is 24.6 Å². The number of nitrogens with zero attached hydrogens (tertiary/aromatic N) is 1. The van der Waals surface area contributed by atoms with E-state index in [1.807, 2.05) is 0 Å². The Labute approximate surface area is 281 Å². The molecule has 0 saturated heterocycles. The van der Waals surface area contributed by atoms with Gasteiger partial charge in [0.05, 0.1) is 11.6 Å². The molecule has 0 aliphatic carbocycles. The fourth-order valence-corrected chi connectivity index (χ4v) is 5.81. The molecule has 0 bridgehead atoms. The van der Waals surface area contributed by atoms with Gasteiger partial charge in [0, 0.05) is 70.7 Å². The van der Waals surface area contributed by atoms with Gasteiger partial charge >= 0.3 is 5.97 Å². The third-order valence-corrected chi connectivity index (χ3v) is 8.34. The van der Waals surface area contributed by atoms with Crippen molar-refractivity contribution in [1.29, 1.82) is 10.8 Å². The Balaban J connectivity index is 3.09. The average Bonchev–Trinajstić information content (AvgIpc) is 2.94. The van der Waals surface area contributed by atoms with Crippen molar-refractivity contribution in [3.8, 4) is 5.75 Å².